The van der Waals surface area contributed by atoms with Crippen LogP contribution in [-0.2, 0) is 9.47 Å². The maximum Gasteiger partial charge on any atom is 0.176 e. The molecule has 20 heavy (non-hydrogen) atoms. The Hall–Kier alpha value is -1.59. The third kappa shape index (κ3) is 5.19. The summed E-state index contributed by atoms with van der Waals surface area (Å²) < 4.78 is 21.3. The number of benzene rings is 1. The molecule has 5 heteroatoms. The molecule has 0 bridgehead atoms. The van der Waals surface area contributed by atoms with Crippen molar-refractivity contribution in [2.24, 2.45) is 4.99 Å². The van der Waals surface area contributed by atoms with Gasteiger partial charge in [0.2, 0.25) is 0 Å². The van der Waals surface area contributed by atoms with Crippen LogP contribution in [0.15, 0.2) is 23.2 Å². The van der Waals surface area contributed by atoms with Crippen LogP contribution in [0, 0.1) is 0 Å². The average Bonchev–Trinajstić information content (AvgIpc) is 2.47. The Kier molecular flexibility index (Phi) is 7.69. The van der Waals surface area contributed by atoms with E-state index in [1.54, 1.807) is 20.4 Å². The summed E-state index contributed by atoms with van der Waals surface area (Å²) in [5.41, 5.74) is 0.939. The van der Waals surface area contributed by atoms with Crippen molar-refractivity contribution >= 4 is 6.21 Å². The van der Waals surface area contributed by atoms with Gasteiger partial charge in [-0.1, -0.05) is 0 Å². The molecule has 5 nitrogen and oxygen atoms in total. The highest BCUT2D eigenvalue weighted by molar-refractivity contribution is 5.80. The first kappa shape index (κ1) is 16.5. The minimum atomic E-state index is -0.290. The standard InChI is InChI=1S/C15H23NO4/c1-5-19-15(20-6-2)11-16-10-12-7-8-13(17-3)14(9-12)18-4/h7-10,15H,5-6,11H2,1-4H3. The van der Waals surface area contributed by atoms with Gasteiger partial charge in [0.05, 0.1) is 20.8 Å². The Morgan fingerprint density at radius 2 is 1.70 bits per heavy atom. The lowest BCUT2D eigenvalue weighted by Gasteiger charge is -2.14. The van der Waals surface area contributed by atoms with Crippen LogP contribution in [0.2, 0.25) is 0 Å². The van der Waals surface area contributed by atoms with Crippen molar-refractivity contribution in [2.75, 3.05) is 34.0 Å². The van der Waals surface area contributed by atoms with Crippen LogP contribution in [0.3, 0.4) is 0 Å². The highest BCUT2D eigenvalue weighted by Crippen LogP contribution is 2.26. The molecule has 0 aliphatic rings. The molecule has 0 fully saturated rings. The molecule has 0 saturated carbocycles. The van der Waals surface area contributed by atoms with Crippen LogP contribution < -0.4 is 9.47 Å². The van der Waals surface area contributed by atoms with Crippen molar-refractivity contribution in [1.29, 1.82) is 0 Å². The lowest BCUT2D eigenvalue weighted by molar-refractivity contribution is -0.128. The van der Waals surface area contributed by atoms with Crippen LogP contribution in [0.4, 0.5) is 0 Å². The van der Waals surface area contributed by atoms with Gasteiger partial charge in [0.1, 0.15) is 0 Å². The second kappa shape index (κ2) is 9.34. The van der Waals surface area contributed by atoms with E-state index in [0.29, 0.717) is 31.3 Å². The van der Waals surface area contributed by atoms with Crippen molar-refractivity contribution in [3.63, 3.8) is 0 Å². The highest BCUT2D eigenvalue weighted by atomic mass is 16.7. The molecular weight excluding hydrogens is 258 g/mol. The third-order valence-corrected chi connectivity index (χ3v) is 2.61. The zero-order valence-electron chi connectivity index (χ0n) is 12.6. The molecule has 1 rings (SSSR count). The predicted octanol–water partition coefficient (Wildman–Crippen LogP) is 2.52. The molecule has 0 aromatic heterocycles. The zero-order chi connectivity index (χ0) is 14.8. The maximum atomic E-state index is 5.42. The van der Waals surface area contributed by atoms with Crippen molar-refractivity contribution in [1.82, 2.24) is 0 Å². The molecule has 0 heterocycles. The van der Waals surface area contributed by atoms with Gasteiger partial charge < -0.3 is 18.9 Å². The molecular formula is C15H23NO4. The minimum Gasteiger partial charge on any atom is -0.493 e. The van der Waals surface area contributed by atoms with Gasteiger partial charge in [-0.15, -0.1) is 0 Å². The van der Waals surface area contributed by atoms with Crippen molar-refractivity contribution in [2.45, 2.75) is 20.1 Å². The number of hydrogen-bond donors (Lipinski definition) is 0. The van der Waals surface area contributed by atoms with E-state index in [0.717, 1.165) is 5.56 Å². The quantitative estimate of drug-likeness (QED) is 0.515. The number of ether oxygens (including phenoxy) is 4. The first-order valence-electron chi connectivity index (χ1n) is 6.70. The highest BCUT2D eigenvalue weighted by Gasteiger charge is 2.06. The first-order chi connectivity index (χ1) is 9.74. The fourth-order valence-corrected chi connectivity index (χ4v) is 1.70. The second-order valence-electron chi connectivity index (χ2n) is 3.95. The van der Waals surface area contributed by atoms with E-state index in [9.17, 15) is 0 Å². The molecule has 0 saturated heterocycles. The summed E-state index contributed by atoms with van der Waals surface area (Å²) >= 11 is 0. The third-order valence-electron chi connectivity index (χ3n) is 2.61. The molecule has 0 aliphatic heterocycles. The van der Waals surface area contributed by atoms with Gasteiger partial charge in [-0.25, -0.2) is 0 Å². The topological polar surface area (TPSA) is 49.3 Å². The number of methoxy groups -OCH3 is 2. The summed E-state index contributed by atoms with van der Waals surface area (Å²) in [5, 5.41) is 0. The van der Waals surface area contributed by atoms with Crippen LogP contribution in [0.1, 0.15) is 19.4 Å². The Morgan fingerprint density at radius 1 is 1.05 bits per heavy atom. The predicted molar refractivity (Wildman–Crippen MR) is 79.0 cm³/mol. The average molecular weight is 281 g/mol. The van der Waals surface area contributed by atoms with Gasteiger partial charge in [-0.2, -0.15) is 0 Å². The monoisotopic (exact) mass is 281 g/mol. The summed E-state index contributed by atoms with van der Waals surface area (Å²) in [4.78, 5) is 4.34. The lowest BCUT2D eigenvalue weighted by atomic mass is 10.2. The smallest absolute Gasteiger partial charge is 0.176 e. The molecule has 0 radical (unpaired) electrons. The van der Waals surface area contributed by atoms with E-state index in [1.165, 1.54) is 0 Å². The number of nitrogens with zero attached hydrogens (tertiary/aromatic N) is 1. The second-order valence-corrected chi connectivity index (χ2v) is 3.95. The summed E-state index contributed by atoms with van der Waals surface area (Å²) in [6.45, 7) is 5.55. The van der Waals surface area contributed by atoms with Gasteiger partial charge in [-0.05, 0) is 37.6 Å². The van der Waals surface area contributed by atoms with E-state index in [2.05, 4.69) is 4.99 Å². The number of rotatable bonds is 9. The Bertz CT molecular complexity index is 414. The van der Waals surface area contributed by atoms with Crippen molar-refractivity contribution < 1.29 is 18.9 Å². The summed E-state index contributed by atoms with van der Waals surface area (Å²) in [6, 6.07) is 5.64. The van der Waals surface area contributed by atoms with E-state index in [-0.39, 0.29) is 6.29 Å². The first-order valence-corrected chi connectivity index (χ1v) is 6.70. The number of hydrogen-bond acceptors (Lipinski definition) is 5. The fourth-order valence-electron chi connectivity index (χ4n) is 1.70. The van der Waals surface area contributed by atoms with Gasteiger partial charge in [0, 0.05) is 19.4 Å². The minimum absolute atomic E-state index is 0.290. The largest absolute Gasteiger partial charge is 0.493 e. The molecule has 1 aromatic carbocycles. The normalized spacial score (nSPS) is 11.2. The molecule has 0 atom stereocenters. The van der Waals surface area contributed by atoms with Gasteiger partial charge in [-0.3, -0.25) is 4.99 Å². The van der Waals surface area contributed by atoms with E-state index < -0.39 is 0 Å². The molecule has 0 unspecified atom stereocenters. The summed E-state index contributed by atoms with van der Waals surface area (Å²) in [5.74, 6) is 1.38. The molecule has 0 aliphatic carbocycles. The van der Waals surface area contributed by atoms with Crippen LogP contribution in [0.25, 0.3) is 0 Å². The molecule has 112 valence electrons. The fraction of sp³-hybridized carbons (Fsp3) is 0.533. The number of aliphatic imine (C=N–C) groups is 1. The Morgan fingerprint density at radius 3 is 2.25 bits per heavy atom. The maximum absolute atomic E-state index is 5.42. The van der Waals surface area contributed by atoms with Crippen LogP contribution in [0.5, 0.6) is 11.5 Å². The SMILES string of the molecule is CCOC(CN=Cc1ccc(OC)c(OC)c1)OCC. The van der Waals surface area contributed by atoms with E-state index >= 15 is 0 Å². The zero-order valence-corrected chi connectivity index (χ0v) is 12.6. The van der Waals surface area contributed by atoms with Gasteiger partial charge in [0.25, 0.3) is 0 Å². The van der Waals surface area contributed by atoms with Crippen molar-refractivity contribution in [3.8, 4) is 11.5 Å². The van der Waals surface area contributed by atoms with Gasteiger partial charge in [0.15, 0.2) is 17.8 Å². The summed E-state index contributed by atoms with van der Waals surface area (Å²) in [7, 11) is 3.22. The lowest BCUT2D eigenvalue weighted by Crippen LogP contribution is -2.20. The molecule has 0 spiro atoms. The summed E-state index contributed by atoms with van der Waals surface area (Å²) in [6.07, 6.45) is 1.48. The molecule has 1 aromatic rings. The Balaban J connectivity index is 2.65. The molecule has 0 N–H and O–H groups in total. The van der Waals surface area contributed by atoms with Gasteiger partial charge >= 0.3 is 0 Å². The van der Waals surface area contributed by atoms with Crippen LogP contribution >= 0.6 is 0 Å². The Labute approximate surface area is 120 Å². The molecule has 0 amide bonds. The van der Waals surface area contributed by atoms with E-state index in [1.807, 2.05) is 32.0 Å². The van der Waals surface area contributed by atoms with Crippen molar-refractivity contribution in [3.05, 3.63) is 23.8 Å². The van der Waals surface area contributed by atoms with E-state index in [4.69, 9.17) is 18.9 Å². The van der Waals surface area contributed by atoms with Crippen LogP contribution in [-0.4, -0.2) is 46.5 Å².